The van der Waals surface area contributed by atoms with Crippen molar-refractivity contribution < 1.29 is 38.8 Å². The average Bonchev–Trinajstić information content (AvgIpc) is 3.14. The molecule has 0 radical (unpaired) electrons. The van der Waals surface area contributed by atoms with Crippen LogP contribution in [0.1, 0.15) is 72.0 Å². The van der Waals surface area contributed by atoms with Crippen molar-refractivity contribution in [3.05, 3.63) is 107 Å². The Labute approximate surface area is 305 Å². The number of hydrogen-bond donors (Lipinski definition) is 3. The van der Waals surface area contributed by atoms with Gasteiger partial charge in [0.15, 0.2) is 0 Å². The van der Waals surface area contributed by atoms with Crippen LogP contribution < -0.4 is 24.4 Å². The number of benzene rings is 4. The number of ether oxygens (including phenoxy) is 3. The molecule has 4 aromatic carbocycles. The first kappa shape index (κ1) is 37.7. The van der Waals surface area contributed by atoms with E-state index in [0.29, 0.717) is 49.7 Å². The van der Waals surface area contributed by atoms with Crippen molar-refractivity contribution in [3.8, 4) is 28.4 Å². The minimum absolute atomic E-state index is 0.00493. The molecule has 5 rings (SSSR count). The number of hydrogen-bond acceptors (Lipinski definition) is 7. The second-order valence-corrected chi connectivity index (χ2v) is 13.0. The zero-order chi connectivity index (χ0) is 36.7. The molecule has 0 bridgehead atoms. The van der Waals surface area contributed by atoms with E-state index in [2.05, 4.69) is 10.2 Å². The van der Waals surface area contributed by atoms with Crippen LogP contribution in [0, 0.1) is 0 Å². The number of carboxylic acid groups (broad SMARTS) is 2. The number of fused-ring (bicyclic) bond motifs is 1. The maximum Gasteiger partial charge on any atom is 0.303 e. The molecule has 0 fully saturated rings. The molecule has 10 nitrogen and oxygen atoms in total. The Kier molecular flexibility index (Phi) is 13.9. The van der Waals surface area contributed by atoms with Gasteiger partial charge in [-0.2, -0.15) is 0 Å². The summed E-state index contributed by atoms with van der Waals surface area (Å²) in [4.78, 5) is 37.7. The summed E-state index contributed by atoms with van der Waals surface area (Å²) in [5.74, 6) is 0.146. The summed E-state index contributed by atoms with van der Waals surface area (Å²) >= 11 is 0. The number of nitrogens with zero attached hydrogens (tertiary/aromatic N) is 1. The van der Waals surface area contributed by atoms with E-state index in [1.54, 1.807) is 6.07 Å². The fraction of sp³-hybridized carbons (Fsp3) is 0.357. The number of carboxylic acids is 2. The third-order valence-electron chi connectivity index (χ3n) is 9.07. The Balaban J connectivity index is 1.18. The van der Waals surface area contributed by atoms with Crippen molar-refractivity contribution in [1.29, 1.82) is 0 Å². The van der Waals surface area contributed by atoms with E-state index in [1.807, 2.05) is 85.9 Å². The summed E-state index contributed by atoms with van der Waals surface area (Å²) < 4.78 is 18.1. The molecular formula is C42H48N2O8. The van der Waals surface area contributed by atoms with Crippen LogP contribution in [-0.4, -0.2) is 61.5 Å². The van der Waals surface area contributed by atoms with Gasteiger partial charge in [-0.25, -0.2) is 0 Å². The summed E-state index contributed by atoms with van der Waals surface area (Å²) in [7, 11) is 2.05. The highest BCUT2D eigenvalue weighted by Gasteiger charge is 2.18. The van der Waals surface area contributed by atoms with Gasteiger partial charge in [-0.3, -0.25) is 14.4 Å². The number of aryl methyl sites for hydroxylation is 1. The van der Waals surface area contributed by atoms with Gasteiger partial charge in [0.25, 0.3) is 5.91 Å². The van der Waals surface area contributed by atoms with Gasteiger partial charge in [-0.05, 0) is 96.3 Å². The maximum absolute atomic E-state index is 13.3. The number of aliphatic carboxylic acids is 2. The predicted octanol–water partition coefficient (Wildman–Crippen LogP) is 7.55. The third-order valence-corrected chi connectivity index (χ3v) is 9.07. The van der Waals surface area contributed by atoms with Crippen LogP contribution in [-0.2, 0) is 29.0 Å². The fourth-order valence-electron chi connectivity index (χ4n) is 6.26. The molecular weight excluding hydrogens is 660 g/mol. The Morgan fingerprint density at radius 1 is 0.769 bits per heavy atom. The molecule has 1 heterocycles. The van der Waals surface area contributed by atoms with Crippen LogP contribution >= 0.6 is 0 Å². The summed E-state index contributed by atoms with van der Waals surface area (Å²) in [6, 6.07) is 27.3. The Morgan fingerprint density at radius 2 is 1.56 bits per heavy atom. The number of nitrogens with one attached hydrogen (secondary N) is 1. The molecule has 4 aromatic rings. The first-order valence-electron chi connectivity index (χ1n) is 18.0. The van der Waals surface area contributed by atoms with Gasteiger partial charge in [-0.1, -0.05) is 61.4 Å². The van der Waals surface area contributed by atoms with Crippen LogP contribution in [0.2, 0.25) is 0 Å². The summed E-state index contributed by atoms with van der Waals surface area (Å²) in [5.41, 5.74) is 6.32. The van der Waals surface area contributed by atoms with Crippen molar-refractivity contribution in [2.24, 2.45) is 0 Å². The zero-order valence-electron chi connectivity index (χ0n) is 29.8. The average molecular weight is 709 g/mol. The zero-order valence-corrected chi connectivity index (χ0v) is 29.8. The molecule has 0 unspecified atom stereocenters. The molecule has 0 atom stereocenters. The molecule has 274 valence electrons. The van der Waals surface area contributed by atoms with Gasteiger partial charge >= 0.3 is 11.9 Å². The van der Waals surface area contributed by atoms with Gasteiger partial charge in [0.2, 0.25) is 0 Å². The first-order valence-corrected chi connectivity index (χ1v) is 18.0. The van der Waals surface area contributed by atoms with E-state index in [9.17, 15) is 19.5 Å². The van der Waals surface area contributed by atoms with Gasteiger partial charge in [0.05, 0.1) is 25.4 Å². The molecule has 1 aliphatic rings. The van der Waals surface area contributed by atoms with Gasteiger partial charge in [0.1, 0.15) is 23.9 Å². The van der Waals surface area contributed by atoms with Crippen LogP contribution in [0.5, 0.6) is 17.2 Å². The summed E-state index contributed by atoms with van der Waals surface area (Å²) in [6.45, 7) is 2.62. The number of rotatable bonds is 20. The minimum atomic E-state index is -0.873. The van der Waals surface area contributed by atoms with Crippen LogP contribution in [0.25, 0.3) is 11.1 Å². The normalized spacial score (nSPS) is 12.1. The number of likely N-dealkylation sites (N-methyl/N-ethyl adjacent to an activating group) is 1. The third kappa shape index (κ3) is 11.2. The predicted molar refractivity (Wildman–Crippen MR) is 201 cm³/mol. The lowest BCUT2D eigenvalue weighted by Crippen LogP contribution is -2.28. The van der Waals surface area contributed by atoms with Gasteiger partial charge in [0, 0.05) is 32.0 Å². The topological polar surface area (TPSA) is 135 Å². The van der Waals surface area contributed by atoms with Crippen LogP contribution in [0.15, 0.2) is 84.9 Å². The number of carbonyl (C=O) groups excluding carboxylic acids is 1. The van der Waals surface area contributed by atoms with Crippen LogP contribution in [0.3, 0.4) is 0 Å². The van der Waals surface area contributed by atoms with E-state index in [0.717, 1.165) is 77.9 Å². The monoisotopic (exact) mass is 708 g/mol. The molecule has 52 heavy (non-hydrogen) atoms. The highest BCUT2D eigenvalue weighted by Crippen LogP contribution is 2.36. The van der Waals surface area contributed by atoms with Crippen molar-refractivity contribution in [3.63, 3.8) is 0 Å². The second-order valence-electron chi connectivity index (χ2n) is 13.0. The lowest BCUT2D eigenvalue weighted by molar-refractivity contribution is -0.138. The van der Waals surface area contributed by atoms with E-state index < -0.39 is 11.9 Å². The molecule has 1 aliphatic heterocycles. The van der Waals surface area contributed by atoms with E-state index in [1.165, 1.54) is 0 Å². The Morgan fingerprint density at radius 3 is 2.37 bits per heavy atom. The standard InChI is InChI=1S/C42H48N2O8/c1-44-21-24-52-39-28-32(17-19-37(39)44)33-25-34(42(49)43-29-30-11-5-4-6-12-30)27-35(26-33)50-22-8-3-2-7-13-31-14-9-15-38(36(31)18-20-41(47)48)51-23-10-16-40(45)46/h4-6,9,11-12,14-15,17,19,25-28H,2-3,7-8,10,13,16,18,20-24,29H2,1H3,(H,43,49)(H,45,46)(H,47,48). The molecule has 10 heteroatoms. The van der Waals surface area contributed by atoms with Crippen molar-refractivity contribution in [2.45, 2.75) is 64.3 Å². The number of carbonyl (C=O) groups is 3. The largest absolute Gasteiger partial charge is 0.494 e. The number of amides is 1. The summed E-state index contributed by atoms with van der Waals surface area (Å²) in [6.07, 6.45) is 5.18. The molecule has 0 saturated carbocycles. The fourth-order valence-corrected chi connectivity index (χ4v) is 6.26. The van der Waals surface area contributed by atoms with Crippen molar-refractivity contribution >= 4 is 23.5 Å². The molecule has 0 spiro atoms. The first-order chi connectivity index (χ1) is 25.3. The number of anilines is 1. The minimum Gasteiger partial charge on any atom is -0.494 e. The van der Waals surface area contributed by atoms with E-state index in [-0.39, 0.29) is 25.4 Å². The van der Waals surface area contributed by atoms with Crippen molar-refractivity contribution in [2.75, 3.05) is 38.3 Å². The smallest absolute Gasteiger partial charge is 0.303 e. The Hall–Kier alpha value is -5.51. The highest BCUT2D eigenvalue weighted by molar-refractivity contribution is 5.96. The molecule has 0 aromatic heterocycles. The summed E-state index contributed by atoms with van der Waals surface area (Å²) in [5, 5.41) is 21.2. The molecule has 3 N–H and O–H groups in total. The quantitative estimate of drug-likeness (QED) is 0.0796. The van der Waals surface area contributed by atoms with Gasteiger partial charge < -0.3 is 34.6 Å². The van der Waals surface area contributed by atoms with Crippen molar-refractivity contribution in [1.82, 2.24) is 5.32 Å². The second kappa shape index (κ2) is 19.2. The lowest BCUT2D eigenvalue weighted by Gasteiger charge is -2.28. The maximum atomic E-state index is 13.3. The molecule has 0 saturated heterocycles. The highest BCUT2D eigenvalue weighted by atomic mass is 16.5. The van der Waals surface area contributed by atoms with E-state index in [4.69, 9.17) is 19.3 Å². The SMILES string of the molecule is CN1CCOc2cc(-c3cc(OCCCCCCc4cccc(OCCCC(=O)O)c4CCC(=O)O)cc(C(=O)NCc4ccccc4)c3)ccc21. The Bertz CT molecular complexity index is 1810. The van der Waals surface area contributed by atoms with Gasteiger partial charge in [-0.15, -0.1) is 0 Å². The lowest BCUT2D eigenvalue weighted by atomic mass is 9.97. The number of unbranched alkanes of at least 4 members (excludes halogenated alkanes) is 3. The molecule has 1 amide bonds. The van der Waals surface area contributed by atoms with E-state index >= 15 is 0 Å². The molecule has 0 aliphatic carbocycles. The van der Waals surface area contributed by atoms with Crippen LogP contribution in [0.4, 0.5) is 5.69 Å².